The van der Waals surface area contributed by atoms with Gasteiger partial charge in [0.1, 0.15) is 0 Å². The van der Waals surface area contributed by atoms with Crippen molar-refractivity contribution in [3.63, 3.8) is 0 Å². The van der Waals surface area contributed by atoms with E-state index in [2.05, 4.69) is 34.9 Å². The van der Waals surface area contributed by atoms with Gasteiger partial charge in [-0.3, -0.25) is 4.90 Å². The number of benzene rings is 1. The molecule has 0 aliphatic carbocycles. The molecule has 5 nitrogen and oxygen atoms in total. The molecule has 1 heterocycles. The standard InChI is InChI=1S/C21H37N3O2/c1-3-4-5-6-16-26-20-9-8-19(17-21(20)25-2)18-24-14-12-23(13-15-24)11-7-10-22/h8-9,17H,3-7,10-16,18,22H2,1-2H3. The van der Waals surface area contributed by atoms with Crippen LogP contribution in [-0.2, 0) is 6.54 Å². The predicted octanol–water partition coefficient (Wildman–Crippen LogP) is 3.12. The van der Waals surface area contributed by atoms with Crippen LogP contribution in [0, 0.1) is 0 Å². The SMILES string of the molecule is CCCCCCOc1ccc(CN2CCN(CCCN)CC2)cc1OC. The number of piperazine rings is 1. The van der Waals surface area contributed by atoms with Crippen LogP contribution in [0.3, 0.4) is 0 Å². The Morgan fingerprint density at radius 2 is 1.73 bits per heavy atom. The van der Waals surface area contributed by atoms with Gasteiger partial charge in [0, 0.05) is 32.7 Å². The van der Waals surface area contributed by atoms with Crippen LogP contribution in [-0.4, -0.2) is 62.8 Å². The van der Waals surface area contributed by atoms with E-state index in [-0.39, 0.29) is 0 Å². The highest BCUT2D eigenvalue weighted by molar-refractivity contribution is 5.43. The fraction of sp³-hybridized carbons (Fsp3) is 0.714. The number of hydrogen-bond donors (Lipinski definition) is 1. The minimum Gasteiger partial charge on any atom is -0.493 e. The average molecular weight is 364 g/mol. The van der Waals surface area contributed by atoms with Crippen LogP contribution in [0.1, 0.15) is 44.6 Å². The first-order chi connectivity index (χ1) is 12.8. The van der Waals surface area contributed by atoms with Gasteiger partial charge < -0.3 is 20.1 Å². The summed E-state index contributed by atoms with van der Waals surface area (Å²) >= 11 is 0. The molecular weight excluding hydrogens is 326 g/mol. The van der Waals surface area contributed by atoms with Gasteiger partial charge in [-0.2, -0.15) is 0 Å². The molecule has 1 aromatic carbocycles. The lowest BCUT2D eigenvalue weighted by molar-refractivity contribution is 0.126. The number of methoxy groups -OCH3 is 1. The van der Waals surface area contributed by atoms with Crippen molar-refractivity contribution in [2.75, 3.05) is 53.0 Å². The van der Waals surface area contributed by atoms with Gasteiger partial charge in [-0.1, -0.05) is 32.3 Å². The van der Waals surface area contributed by atoms with Crippen molar-refractivity contribution in [2.24, 2.45) is 5.73 Å². The molecule has 5 heteroatoms. The smallest absolute Gasteiger partial charge is 0.161 e. The summed E-state index contributed by atoms with van der Waals surface area (Å²) < 4.78 is 11.5. The van der Waals surface area contributed by atoms with Gasteiger partial charge in [0.15, 0.2) is 11.5 Å². The Bertz CT molecular complexity index is 502. The first-order valence-corrected chi connectivity index (χ1v) is 10.2. The lowest BCUT2D eigenvalue weighted by atomic mass is 10.1. The van der Waals surface area contributed by atoms with Crippen molar-refractivity contribution in [1.82, 2.24) is 9.80 Å². The molecule has 0 saturated carbocycles. The molecule has 1 saturated heterocycles. The third-order valence-corrected chi connectivity index (χ3v) is 5.03. The molecule has 1 aliphatic rings. The van der Waals surface area contributed by atoms with E-state index in [1.807, 2.05) is 0 Å². The maximum atomic E-state index is 5.92. The number of hydrogen-bond acceptors (Lipinski definition) is 5. The Balaban J connectivity index is 1.79. The summed E-state index contributed by atoms with van der Waals surface area (Å²) in [6, 6.07) is 6.36. The van der Waals surface area contributed by atoms with E-state index in [1.54, 1.807) is 7.11 Å². The first kappa shape index (κ1) is 21.0. The van der Waals surface area contributed by atoms with Crippen LogP contribution < -0.4 is 15.2 Å². The highest BCUT2D eigenvalue weighted by Gasteiger charge is 2.17. The van der Waals surface area contributed by atoms with Gasteiger partial charge in [-0.05, 0) is 43.6 Å². The molecule has 148 valence electrons. The van der Waals surface area contributed by atoms with Crippen LogP contribution in [0.4, 0.5) is 0 Å². The summed E-state index contributed by atoms with van der Waals surface area (Å²) in [4.78, 5) is 5.03. The lowest BCUT2D eigenvalue weighted by Gasteiger charge is -2.34. The Kier molecular flexibility index (Phi) is 9.82. The summed E-state index contributed by atoms with van der Waals surface area (Å²) in [5.41, 5.74) is 6.89. The molecular formula is C21H37N3O2. The van der Waals surface area contributed by atoms with Crippen molar-refractivity contribution >= 4 is 0 Å². The monoisotopic (exact) mass is 363 g/mol. The molecule has 0 radical (unpaired) electrons. The number of ether oxygens (including phenoxy) is 2. The van der Waals surface area contributed by atoms with E-state index in [4.69, 9.17) is 15.2 Å². The zero-order valence-electron chi connectivity index (χ0n) is 16.7. The molecule has 26 heavy (non-hydrogen) atoms. The maximum Gasteiger partial charge on any atom is 0.161 e. The highest BCUT2D eigenvalue weighted by atomic mass is 16.5. The number of nitrogens with two attached hydrogens (primary N) is 1. The number of nitrogens with zero attached hydrogens (tertiary/aromatic N) is 2. The van der Waals surface area contributed by atoms with E-state index in [9.17, 15) is 0 Å². The van der Waals surface area contributed by atoms with Crippen LogP contribution in [0.15, 0.2) is 18.2 Å². The summed E-state index contributed by atoms with van der Waals surface area (Å²) in [6.07, 6.45) is 5.96. The fourth-order valence-corrected chi connectivity index (χ4v) is 3.38. The van der Waals surface area contributed by atoms with E-state index in [0.29, 0.717) is 0 Å². The third kappa shape index (κ3) is 7.14. The maximum absolute atomic E-state index is 5.92. The minimum absolute atomic E-state index is 0.764. The average Bonchev–Trinajstić information content (AvgIpc) is 2.68. The summed E-state index contributed by atoms with van der Waals surface area (Å²) in [5, 5.41) is 0. The van der Waals surface area contributed by atoms with Gasteiger partial charge in [0.05, 0.1) is 13.7 Å². The van der Waals surface area contributed by atoms with E-state index >= 15 is 0 Å². The Labute approximate surface area is 159 Å². The molecule has 1 aliphatic heterocycles. The third-order valence-electron chi connectivity index (χ3n) is 5.03. The second-order valence-corrected chi connectivity index (χ2v) is 7.15. The van der Waals surface area contributed by atoms with Gasteiger partial charge in [-0.25, -0.2) is 0 Å². The Hall–Kier alpha value is -1.30. The lowest BCUT2D eigenvalue weighted by Crippen LogP contribution is -2.46. The molecule has 1 aromatic rings. The molecule has 2 rings (SSSR count). The number of unbranched alkanes of at least 4 members (excludes halogenated alkanes) is 3. The topological polar surface area (TPSA) is 51.0 Å². The Morgan fingerprint density at radius 1 is 0.962 bits per heavy atom. The van der Waals surface area contributed by atoms with Gasteiger partial charge >= 0.3 is 0 Å². The van der Waals surface area contributed by atoms with Crippen LogP contribution >= 0.6 is 0 Å². The van der Waals surface area contributed by atoms with Crippen LogP contribution in [0.2, 0.25) is 0 Å². The molecule has 0 aromatic heterocycles. The quantitative estimate of drug-likeness (QED) is 0.578. The van der Waals surface area contributed by atoms with Gasteiger partial charge in [0.25, 0.3) is 0 Å². The largest absolute Gasteiger partial charge is 0.493 e. The van der Waals surface area contributed by atoms with E-state index in [0.717, 1.165) is 76.8 Å². The molecule has 0 bridgehead atoms. The zero-order valence-corrected chi connectivity index (χ0v) is 16.7. The molecule has 2 N–H and O–H groups in total. The van der Waals surface area contributed by atoms with Crippen molar-refractivity contribution < 1.29 is 9.47 Å². The first-order valence-electron chi connectivity index (χ1n) is 10.2. The zero-order chi connectivity index (χ0) is 18.6. The number of rotatable bonds is 12. The summed E-state index contributed by atoms with van der Waals surface area (Å²) in [6.45, 7) is 10.4. The molecule has 1 fully saturated rings. The molecule has 0 atom stereocenters. The van der Waals surface area contributed by atoms with Crippen molar-refractivity contribution in [3.8, 4) is 11.5 Å². The second kappa shape index (κ2) is 12.2. The van der Waals surface area contributed by atoms with E-state index in [1.165, 1.54) is 24.8 Å². The van der Waals surface area contributed by atoms with Gasteiger partial charge in [0.2, 0.25) is 0 Å². The molecule has 0 unspecified atom stereocenters. The van der Waals surface area contributed by atoms with E-state index < -0.39 is 0 Å². The summed E-state index contributed by atoms with van der Waals surface area (Å²) in [5.74, 6) is 1.71. The van der Waals surface area contributed by atoms with Crippen molar-refractivity contribution in [1.29, 1.82) is 0 Å². The van der Waals surface area contributed by atoms with Gasteiger partial charge in [-0.15, -0.1) is 0 Å². The fourth-order valence-electron chi connectivity index (χ4n) is 3.38. The van der Waals surface area contributed by atoms with Crippen LogP contribution in [0.25, 0.3) is 0 Å². The highest BCUT2D eigenvalue weighted by Crippen LogP contribution is 2.29. The summed E-state index contributed by atoms with van der Waals surface area (Å²) in [7, 11) is 1.72. The van der Waals surface area contributed by atoms with Crippen molar-refractivity contribution in [3.05, 3.63) is 23.8 Å². The normalized spacial score (nSPS) is 16.0. The minimum atomic E-state index is 0.764. The molecule has 0 amide bonds. The predicted molar refractivity (Wildman–Crippen MR) is 108 cm³/mol. The molecule has 0 spiro atoms. The van der Waals surface area contributed by atoms with Crippen LogP contribution in [0.5, 0.6) is 11.5 Å². The Morgan fingerprint density at radius 3 is 2.42 bits per heavy atom. The second-order valence-electron chi connectivity index (χ2n) is 7.15. The van der Waals surface area contributed by atoms with Crippen molar-refractivity contribution in [2.45, 2.75) is 45.6 Å².